The van der Waals surface area contributed by atoms with Crippen LogP contribution in [0.3, 0.4) is 0 Å². The number of amides is 2. The second kappa shape index (κ2) is 12.5. The fourth-order valence-electron chi connectivity index (χ4n) is 2.41. The summed E-state index contributed by atoms with van der Waals surface area (Å²) in [5.41, 5.74) is 0.751. The van der Waals surface area contributed by atoms with E-state index in [0.717, 1.165) is 18.4 Å². The van der Waals surface area contributed by atoms with Gasteiger partial charge in [-0.15, -0.1) is 0 Å². The number of halogens is 1. The number of unbranched alkanes of at least 4 members (excludes halogenated alkanes) is 7. The molecule has 2 N–H and O–H groups in total. The number of benzene rings is 1. The van der Waals surface area contributed by atoms with Gasteiger partial charge in [0.25, 0.3) is 0 Å². The molecule has 0 saturated carbocycles. The molecule has 4 nitrogen and oxygen atoms in total. The summed E-state index contributed by atoms with van der Waals surface area (Å²) in [5, 5.41) is 5.15. The van der Waals surface area contributed by atoms with Crippen molar-refractivity contribution in [3.8, 4) is 0 Å². The molecule has 134 valence electrons. The van der Waals surface area contributed by atoms with E-state index in [0.29, 0.717) is 6.54 Å². The molecule has 1 rings (SSSR count). The number of rotatable bonds is 11. The molecule has 0 radical (unpaired) electrons. The van der Waals surface area contributed by atoms with Gasteiger partial charge in [0, 0.05) is 13.1 Å². The zero-order valence-electron chi connectivity index (χ0n) is 14.6. The molecule has 2 amide bonds. The Bertz CT molecular complexity index is 489. The van der Waals surface area contributed by atoms with E-state index < -0.39 is 11.8 Å². The van der Waals surface area contributed by atoms with Crippen LogP contribution in [-0.4, -0.2) is 18.4 Å². The standard InChI is InChI=1S/C19H29FN2O2/c1-2-3-4-5-6-7-8-9-14-21-18(23)19(24)22-15-16-10-12-17(20)13-11-16/h10-13H,2-9,14-15H2,1H3,(H,21,23)(H,22,24). The number of carbonyl (C=O) groups excluding carboxylic acids is 2. The molecule has 0 aromatic heterocycles. The third-order valence-electron chi connectivity index (χ3n) is 3.89. The average molecular weight is 336 g/mol. The van der Waals surface area contributed by atoms with Crippen molar-refractivity contribution in [1.82, 2.24) is 10.6 Å². The highest BCUT2D eigenvalue weighted by atomic mass is 19.1. The molecule has 0 atom stereocenters. The Morgan fingerprint density at radius 3 is 2.00 bits per heavy atom. The van der Waals surface area contributed by atoms with Gasteiger partial charge in [0.15, 0.2) is 0 Å². The highest BCUT2D eigenvalue weighted by Crippen LogP contribution is 2.07. The lowest BCUT2D eigenvalue weighted by atomic mass is 10.1. The van der Waals surface area contributed by atoms with E-state index in [9.17, 15) is 14.0 Å². The van der Waals surface area contributed by atoms with Crippen LogP contribution < -0.4 is 10.6 Å². The Hall–Kier alpha value is -1.91. The van der Waals surface area contributed by atoms with Crippen LogP contribution >= 0.6 is 0 Å². The van der Waals surface area contributed by atoms with Crippen LogP contribution in [0.4, 0.5) is 4.39 Å². The Balaban J connectivity index is 2.03. The summed E-state index contributed by atoms with van der Waals surface area (Å²) >= 11 is 0. The first-order chi connectivity index (χ1) is 11.6. The van der Waals surface area contributed by atoms with Crippen LogP contribution in [0, 0.1) is 5.82 Å². The Morgan fingerprint density at radius 2 is 1.38 bits per heavy atom. The largest absolute Gasteiger partial charge is 0.348 e. The summed E-state index contributed by atoms with van der Waals surface area (Å²) in [6.45, 7) is 2.94. The molecule has 0 unspecified atom stereocenters. The fourth-order valence-corrected chi connectivity index (χ4v) is 2.41. The Kier molecular flexibility index (Phi) is 10.5. The molecule has 0 spiro atoms. The Morgan fingerprint density at radius 1 is 0.833 bits per heavy atom. The predicted octanol–water partition coefficient (Wildman–Crippen LogP) is 3.70. The molecule has 1 aromatic carbocycles. The van der Waals surface area contributed by atoms with Crippen LogP contribution in [-0.2, 0) is 16.1 Å². The predicted molar refractivity (Wildman–Crippen MR) is 93.9 cm³/mol. The minimum Gasteiger partial charge on any atom is -0.348 e. The summed E-state index contributed by atoms with van der Waals surface area (Å²) in [7, 11) is 0. The van der Waals surface area contributed by atoms with Gasteiger partial charge >= 0.3 is 11.8 Å². The van der Waals surface area contributed by atoms with Crippen molar-refractivity contribution in [2.24, 2.45) is 0 Å². The van der Waals surface area contributed by atoms with Crippen molar-refractivity contribution in [2.75, 3.05) is 6.54 Å². The third kappa shape index (κ3) is 9.28. The highest BCUT2D eigenvalue weighted by molar-refractivity contribution is 6.35. The van der Waals surface area contributed by atoms with Gasteiger partial charge in [-0.3, -0.25) is 9.59 Å². The van der Waals surface area contributed by atoms with Gasteiger partial charge in [0.1, 0.15) is 5.82 Å². The number of carbonyl (C=O) groups is 2. The van der Waals surface area contributed by atoms with E-state index in [1.807, 2.05) is 0 Å². The third-order valence-corrected chi connectivity index (χ3v) is 3.89. The summed E-state index contributed by atoms with van der Waals surface area (Å²) in [4.78, 5) is 23.3. The number of hydrogen-bond acceptors (Lipinski definition) is 2. The SMILES string of the molecule is CCCCCCCCCCNC(=O)C(=O)NCc1ccc(F)cc1. The van der Waals surface area contributed by atoms with Crippen molar-refractivity contribution < 1.29 is 14.0 Å². The lowest BCUT2D eigenvalue weighted by molar-refractivity contribution is -0.139. The molecule has 0 bridgehead atoms. The molecule has 0 heterocycles. The van der Waals surface area contributed by atoms with Gasteiger partial charge in [-0.25, -0.2) is 4.39 Å². The lowest BCUT2D eigenvalue weighted by Gasteiger charge is -2.07. The minimum atomic E-state index is -0.654. The first-order valence-electron chi connectivity index (χ1n) is 8.94. The van der Waals surface area contributed by atoms with E-state index in [1.165, 1.54) is 50.7 Å². The quantitative estimate of drug-likeness (QED) is 0.478. The van der Waals surface area contributed by atoms with Crippen LogP contribution in [0.2, 0.25) is 0 Å². The van der Waals surface area contributed by atoms with E-state index in [-0.39, 0.29) is 12.4 Å². The smallest absolute Gasteiger partial charge is 0.309 e. The maximum Gasteiger partial charge on any atom is 0.309 e. The molecule has 1 aromatic rings. The van der Waals surface area contributed by atoms with Gasteiger partial charge in [-0.2, -0.15) is 0 Å². The summed E-state index contributed by atoms with van der Waals surface area (Å²) in [6, 6.07) is 5.80. The zero-order chi connectivity index (χ0) is 17.6. The second-order valence-corrected chi connectivity index (χ2v) is 6.04. The average Bonchev–Trinajstić information content (AvgIpc) is 2.59. The summed E-state index contributed by atoms with van der Waals surface area (Å²) < 4.78 is 12.8. The number of hydrogen-bond donors (Lipinski definition) is 2. The topological polar surface area (TPSA) is 58.2 Å². The van der Waals surface area contributed by atoms with Gasteiger partial charge in [-0.1, -0.05) is 64.0 Å². The van der Waals surface area contributed by atoms with E-state index in [4.69, 9.17) is 0 Å². The van der Waals surface area contributed by atoms with Crippen LogP contribution in [0.25, 0.3) is 0 Å². The maximum absolute atomic E-state index is 12.8. The van der Waals surface area contributed by atoms with E-state index in [1.54, 1.807) is 12.1 Å². The molecule has 24 heavy (non-hydrogen) atoms. The van der Waals surface area contributed by atoms with Crippen molar-refractivity contribution in [2.45, 2.75) is 64.8 Å². The normalized spacial score (nSPS) is 10.4. The van der Waals surface area contributed by atoms with E-state index >= 15 is 0 Å². The van der Waals surface area contributed by atoms with Crippen molar-refractivity contribution in [3.05, 3.63) is 35.6 Å². The molecule has 0 aliphatic heterocycles. The van der Waals surface area contributed by atoms with Gasteiger partial charge in [0.05, 0.1) is 0 Å². The highest BCUT2D eigenvalue weighted by Gasteiger charge is 2.11. The lowest BCUT2D eigenvalue weighted by Crippen LogP contribution is -2.39. The number of nitrogens with one attached hydrogen (secondary N) is 2. The van der Waals surface area contributed by atoms with Gasteiger partial charge in [0.2, 0.25) is 0 Å². The molecule has 0 aliphatic rings. The van der Waals surface area contributed by atoms with E-state index in [2.05, 4.69) is 17.6 Å². The van der Waals surface area contributed by atoms with Crippen LogP contribution in [0.15, 0.2) is 24.3 Å². The van der Waals surface area contributed by atoms with Crippen LogP contribution in [0.5, 0.6) is 0 Å². The van der Waals surface area contributed by atoms with Crippen molar-refractivity contribution in [3.63, 3.8) is 0 Å². The molecule has 0 saturated heterocycles. The Labute approximate surface area is 144 Å². The maximum atomic E-state index is 12.8. The van der Waals surface area contributed by atoms with Crippen LogP contribution in [0.1, 0.15) is 63.9 Å². The van der Waals surface area contributed by atoms with Crippen molar-refractivity contribution in [1.29, 1.82) is 0 Å². The molecular formula is C19H29FN2O2. The first-order valence-corrected chi connectivity index (χ1v) is 8.94. The summed E-state index contributed by atoms with van der Waals surface area (Å²) in [6.07, 6.45) is 9.54. The minimum absolute atomic E-state index is 0.213. The molecule has 5 heteroatoms. The second-order valence-electron chi connectivity index (χ2n) is 6.04. The summed E-state index contributed by atoms with van der Waals surface area (Å²) in [5.74, 6) is -1.59. The monoisotopic (exact) mass is 336 g/mol. The molecule has 0 aliphatic carbocycles. The zero-order valence-corrected chi connectivity index (χ0v) is 14.6. The molecule has 0 fully saturated rings. The fraction of sp³-hybridized carbons (Fsp3) is 0.579. The van der Waals surface area contributed by atoms with Crippen molar-refractivity contribution >= 4 is 11.8 Å². The van der Waals surface area contributed by atoms with Gasteiger partial charge in [-0.05, 0) is 24.1 Å². The van der Waals surface area contributed by atoms with Gasteiger partial charge < -0.3 is 10.6 Å². The molecular weight excluding hydrogens is 307 g/mol. The first kappa shape index (κ1) is 20.1.